The van der Waals surface area contributed by atoms with Gasteiger partial charge in [0.05, 0.1) is 33.1 Å². The van der Waals surface area contributed by atoms with Crippen molar-refractivity contribution in [2.75, 3.05) is 9.80 Å². The molecule has 0 bridgehead atoms. The lowest BCUT2D eigenvalue weighted by atomic mass is 9.82. The molecule has 0 radical (unpaired) electrons. The van der Waals surface area contributed by atoms with Gasteiger partial charge in [-0.3, -0.25) is 4.98 Å². The Balaban J connectivity index is 0.000000143. The van der Waals surface area contributed by atoms with Crippen LogP contribution in [0.4, 0.5) is 34.1 Å². The van der Waals surface area contributed by atoms with E-state index in [-0.39, 0.29) is 10.8 Å². The number of pyridine rings is 1. The molecule has 2 aliphatic carbocycles. The minimum Gasteiger partial charge on any atom is -0.315 e. The van der Waals surface area contributed by atoms with E-state index >= 15 is 0 Å². The van der Waals surface area contributed by atoms with Crippen LogP contribution >= 0.6 is 0 Å². The lowest BCUT2D eigenvalue weighted by Gasteiger charge is -2.28. The molecule has 0 spiro atoms. The molecule has 9 heteroatoms. The molecular formula is C115H83N9. The van der Waals surface area contributed by atoms with Gasteiger partial charge in [-0.05, 0) is 266 Å². The van der Waals surface area contributed by atoms with Crippen molar-refractivity contribution in [3.8, 4) is 89.8 Å². The summed E-state index contributed by atoms with van der Waals surface area (Å²) in [5, 5.41) is 7.33. The van der Waals surface area contributed by atoms with Crippen molar-refractivity contribution < 1.29 is 0 Å². The number of para-hydroxylation sites is 4. The highest BCUT2D eigenvalue weighted by Gasteiger charge is 2.38. The van der Waals surface area contributed by atoms with Crippen LogP contribution in [0.25, 0.3) is 155 Å². The van der Waals surface area contributed by atoms with E-state index in [1.54, 1.807) is 12.4 Å². The molecule has 124 heavy (non-hydrogen) atoms. The Hall–Kier alpha value is -16.0. The summed E-state index contributed by atoms with van der Waals surface area (Å²) < 4.78 is 9.52. The minimum absolute atomic E-state index is 0.110. The van der Waals surface area contributed by atoms with Crippen LogP contribution < -0.4 is 9.80 Å². The van der Waals surface area contributed by atoms with Gasteiger partial charge in [0.15, 0.2) is 5.82 Å². The molecule has 24 rings (SSSR count). The zero-order valence-corrected chi connectivity index (χ0v) is 69.0. The first-order valence-electron chi connectivity index (χ1n) is 42.6. The quantitative estimate of drug-likeness (QED) is 0.109. The van der Waals surface area contributed by atoms with Gasteiger partial charge in [-0.2, -0.15) is 0 Å². The van der Waals surface area contributed by atoms with Crippen molar-refractivity contribution in [1.82, 2.24) is 33.2 Å². The van der Waals surface area contributed by atoms with E-state index in [1.807, 2.05) is 18.5 Å². The lowest BCUT2D eigenvalue weighted by molar-refractivity contribution is 0.660. The van der Waals surface area contributed by atoms with Crippen LogP contribution in [-0.4, -0.2) is 33.2 Å². The first-order valence-corrected chi connectivity index (χ1v) is 42.6. The number of rotatable bonds is 14. The molecule has 9 nitrogen and oxygen atoms in total. The average molecular weight is 1590 g/mol. The molecular weight excluding hydrogens is 1510 g/mol. The van der Waals surface area contributed by atoms with Gasteiger partial charge in [0, 0.05) is 143 Å². The minimum atomic E-state index is -0.120. The summed E-state index contributed by atoms with van der Waals surface area (Å²) in [5.74, 6) is 0.713. The van der Waals surface area contributed by atoms with E-state index < -0.39 is 0 Å². The third-order valence-corrected chi connectivity index (χ3v) is 25.9. The average Bonchev–Trinajstić information content (AvgIpc) is 1.68. The van der Waals surface area contributed by atoms with Crippen molar-refractivity contribution in [1.29, 1.82) is 0 Å². The van der Waals surface area contributed by atoms with Gasteiger partial charge in [-0.25, -0.2) is 9.97 Å². The van der Waals surface area contributed by atoms with E-state index in [9.17, 15) is 0 Å². The molecule has 0 fully saturated rings. The molecule has 0 aliphatic heterocycles. The van der Waals surface area contributed by atoms with Crippen LogP contribution in [0.2, 0.25) is 0 Å². The van der Waals surface area contributed by atoms with Crippen LogP contribution in [0.1, 0.15) is 49.9 Å². The van der Waals surface area contributed by atoms with Gasteiger partial charge >= 0.3 is 0 Å². The Kier molecular flexibility index (Phi) is 17.4. The number of fused-ring (bicyclic) bond motifs is 16. The molecule has 6 heterocycles. The second kappa shape index (κ2) is 29.5. The molecule has 0 amide bonds. The lowest BCUT2D eigenvalue weighted by Crippen LogP contribution is -2.16. The van der Waals surface area contributed by atoms with Crippen molar-refractivity contribution >= 4 is 99.5 Å². The third kappa shape index (κ3) is 12.2. The molecule has 6 aromatic heterocycles. The van der Waals surface area contributed by atoms with Gasteiger partial charge in [0.1, 0.15) is 0 Å². The van der Waals surface area contributed by atoms with E-state index in [2.05, 4.69) is 471 Å². The van der Waals surface area contributed by atoms with Crippen molar-refractivity contribution in [3.63, 3.8) is 0 Å². The van der Waals surface area contributed by atoms with Crippen LogP contribution in [0.15, 0.2) is 431 Å². The Bertz CT molecular complexity index is 7380. The van der Waals surface area contributed by atoms with E-state index in [0.29, 0.717) is 5.82 Å². The normalized spacial score (nSPS) is 12.8. The number of aromatic nitrogens is 7. The monoisotopic (exact) mass is 1590 g/mol. The summed E-state index contributed by atoms with van der Waals surface area (Å²) in [6, 6.07) is 143. The third-order valence-electron chi connectivity index (χ3n) is 25.9. The van der Waals surface area contributed by atoms with Gasteiger partial charge in [-0.15, -0.1) is 0 Å². The second-order valence-electron chi connectivity index (χ2n) is 33.6. The van der Waals surface area contributed by atoms with E-state index in [1.165, 1.54) is 127 Å². The van der Waals surface area contributed by atoms with Crippen molar-refractivity contribution in [2.24, 2.45) is 0 Å². The summed E-state index contributed by atoms with van der Waals surface area (Å²) >= 11 is 0. The van der Waals surface area contributed by atoms with E-state index in [0.717, 1.165) is 79.1 Å². The molecule has 588 valence electrons. The van der Waals surface area contributed by atoms with Crippen LogP contribution in [0, 0.1) is 0 Å². The molecule has 22 aromatic rings. The zero-order chi connectivity index (χ0) is 82.7. The summed E-state index contributed by atoms with van der Waals surface area (Å²) in [4.78, 5) is 18.0. The van der Waals surface area contributed by atoms with Crippen LogP contribution in [0.5, 0.6) is 0 Å². The van der Waals surface area contributed by atoms with Crippen LogP contribution in [-0.2, 0) is 10.8 Å². The molecule has 0 saturated carbocycles. The Morgan fingerprint density at radius 3 is 0.984 bits per heavy atom. The van der Waals surface area contributed by atoms with Crippen molar-refractivity contribution in [3.05, 3.63) is 454 Å². The maximum Gasteiger partial charge on any atom is 0.159 e. The number of hydrogen-bond acceptors (Lipinski definition) is 5. The van der Waals surface area contributed by atoms with Gasteiger partial charge < -0.3 is 28.1 Å². The summed E-state index contributed by atoms with van der Waals surface area (Å²) in [6.07, 6.45) is 11.7. The largest absolute Gasteiger partial charge is 0.315 e. The smallest absolute Gasteiger partial charge is 0.159 e. The number of anilines is 6. The van der Waals surface area contributed by atoms with Gasteiger partial charge in [0.25, 0.3) is 0 Å². The fraction of sp³-hybridized carbons (Fsp3) is 0.0522. The first-order chi connectivity index (χ1) is 61.0. The zero-order valence-electron chi connectivity index (χ0n) is 69.0. The van der Waals surface area contributed by atoms with Crippen molar-refractivity contribution in [2.45, 2.75) is 38.5 Å². The molecule has 2 aliphatic rings. The Morgan fingerprint density at radius 1 is 0.234 bits per heavy atom. The molecule has 16 aromatic carbocycles. The highest BCUT2D eigenvalue weighted by Crippen LogP contribution is 2.54. The number of hydrogen-bond donors (Lipinski definition) is 0. The fourth-order valence-corrected chi connectivity index (χ4v) is 19.8. The summed E-state index contributed by atoms with van der Waals surface area (Å²) in [6.45, 7) is 9.38. The molecule has 0 saturated heterocycles. The van der Waals surface area contributed by atoms with Gasteiger partial charge in [0.2, 0.25) is 0 Å². The standard InChI is InChI=1S/C58H42N4.C57H41N5/c1-58(2)53-16-10-9-15-49(53)50-29-27-48(38-54(50)58)61(46-23-17-39(18-24-46)41-31-34-59-35-32-41)47-25-19-40(20-26-47)43-22-30-55-52(37-43)51-28-21-42-33-36-60(44-11-5-3-6-12-44)56(42)57(51)62(55)45-13-7-4-8-14-45;1-57(2)51-17-10-9-16-47(51)48-30-28-46(37-52(48)57)61(45-26-20-40(21-27-45)56-58-33-11-34-59-56)44-24-18-38(19-25-44)41-23-31-53-50(36-41)49-29-22-39-32-35-60(42-12-5-3-6-13-42)54(39)55(49)62(53)43-14-7-4-8-15-43/h3-38H,1-2H3;3-37H,1-2H3. The summed E-state index contributed by atoms with van der Waals surface area (Å²) in [5.41, 5.74) is 36.8. The molecule has 0 atom stereocenters. The maximum atomic E-state index is 4.51. The number of benzene rings is 16. The predicted octanol–water partition coefficient (Wildman–Crippen LogP) is 29.9. The Morgan fingerprint density at radius 2 is 0.573 bits per heavy atom. The fourth-order valence-electron chi connectivity index (χ4n) is 19.8. The predicted molar refractivity (Wildman–Crippen MR) is 515 cm³/mol. The topological polar surface area (TPSA) is 64.9 Å². The van der Waals surface area contributed by atoms with E-state index in [4.69, 9.17) is 0 Å². The second-order valence-corrected chi connectivity index (χ2v) is 33.6. The highest BCUT2D eigenvalue weighted by atomic mass is 15.2. The summed E-state index contributed by atoms with van der Waals surface area (Å²) in [7, 11) is 0. The first kappa shape index (κ1) is 73.2. The Labute approximate surface area is 719 Å². The number of nitrogens with zero attached hydrogens (tertiary/aromatic N) is 9. The maximum absolute atomic E-state index is 4.51. The highest BCUT2D eigenvalue weighted by molar-refractivity contribution is 6.20. The molecule has 0 unspecified atom stereocenters. The van der Waals surface area contributed by atoms with Gasteiger partial charge in [-0.1, -0.05) is 234 Å². The SMILES string of the molecule is CC1(C)c2ccccc2-c2ccc(N(c3ccc(-c4ccc5c(c4)c4ccc6ccn(-c7ccccc7)c6c4n5-c4ccccc4)cc3)c3ccc(-c4ncccn4)cc3)cc21.CC1(C)c2ccccc2-c2ccc(N(c3ccc(-c4ccncc4)cc3)c3ccc(-c4ccc5c(c4)c4ccc6ccn(-c7ccccc7)c6c4n5-c4ccccc4)cc3)cc21. The van der Waals surface area contributed by atoms with Crippen LogP contribution in [0.3, 0.4) is 0 Å². The molecule has 0 N–H and O–H groups in total.